The Kier molecular flexibility index (Phi) is 5.00. The molecular weight excluding hydrogens is 356 g/mol. The van der Waals surface area contributed by atoms with Crippen LogP contribution in [0.1, 0.15) is 53.3 Å². The number of rotatable bonds is 4. The van der Waals surface area contributed by atoms with E-state index in [0.717, 1.165) is 50.2 Å². The zero-order valence-electron chi connectivity index (χ0n) is 16.7. The van der Waals surface area contributed by atoms with Gasteiger partial charge in [0.2, 0.25) is 5.91 Å². The third-order valence-corrected chi connectivity index (χ3v) is 6.17. The number of nitrogens with zero attached hydrogens (tertiary/aromatic N) is 3. The Labute approximate surface area is 165 Å². The molecule has 2 aliphatic rings. The second-order valence-electron chi connectivity index (χ2n) is 8.30. The van der Waals surface area contributed by atoms with Gasteiger partial charge in [-0.3, -0.25) is 9.59 Å². The number of piperidine rings is 2. The number of imidazole rings is 1. The Hall–Kier alpha value is -2.57. The molecule has 0 saturated carbocycles. The molecule has 0 aromatic carbocycles. The average molecular weight is 384 g/mol. The van der Waals surface area contributed by atoms with Crippen LogP contribution in [0.25, 0.3) is 0 Å². The van der Waals surface area contributed by atoms with Crippen LogP contribution in [-0.2, 0) is 11.2 Å². The van der Waals surface area contributed by atoms with E-state index in [9.17, 15) is 9.59 Å². The smallest absolute Gasteiger partial charge is 0.257 e. The summed E-state index contributed by atoms with van der Waals surface area (Å²) in [6.45, 7) is 6.61. The van der Waals surface area contributed by atoms with Gasteiger partial charge in [-0.15, -0.1) is 0 Å². The molecule has 1 N–H and O–H groups in total. The number of aromatic amines is 1. The highest BCUT2D eigenvalue weighted by atomic mass is 16.3. The molecule has 0 radical (unpaired) electrons. The summed E-state index contributed by atoms with van der Waals surface area (Å²) >= 11 is 0. The number of furan rings is 1. The second kappa shape index (κ2) is 7.45. The number of H-pyrrole nitrogens is 1. The fraction of sp³-hybridized carbons (Fsp3) is 0.571. The Balaban J connectivity index is 1.45. The van der Waals surface area contributed by atoms with Gasteiger partial charge in [0, 0.05) is 56.3 Å². The lowest BCUT2D eigenvalue weighted by molar-refractivity contribution is -0.138. The van der Waals surface area contributed by atoms with Crippen LogP contribution in [0, 0.1) is 19.3 Å². The quantitative estimate of drug-likeness (QED) is 0.879. The predicted octanol–water partition coefficient (Wildman–Crippen LogP) is 2.71. The van der Waals surface area contributed by atoms with Crippen molar-refractivity contribution in [1.29, 1.82) is 0 Å². The predicted molar refractivity (Wildman–Crippen MR) is 104 cm³/mol. The summed E-state index contributed by atoms with van der Waals surface area (Å²) in [5, 5.41) is 0. The van der Waals surface area contributed by atoms with Crippen LogP contribution in [0.2, 0.25) is 0 Å². The molecule has 7 heteroatoms. The lowest BCUT2D eigenvalue weighted by atomic mass is 9.73. The van der Waals surface area contributed by atoms with E-state index < -0.39 is 0 Å². The zero-order chi connectivity index (χ0) is 19.7. The van der Waals surface area contributed by atoms with Gasteiger partial charge in [0.1, 0.15) is 11.5 Å². The van der Waals surface area contributed by atoms with E-state index in [2.05, 4.69) is 9.97 Å². The van der Waals surface area contributed by atoms with Crippen LogP contribution in [0.5, 0.6) is 0 Å². The van der Waals surface area contributed by atoms with Crippen molar-refractivity contribution in [2.75, 3.05) is 26.2 Å². The summed E-state index contributed by atoms with van der Waals surface area (Å²) < 4.78 is 5.55. The molecule has 2 aromatic rings. The summed E-state index contributed by atoms with van der Waals surface area (Å²) in [5.41, 5.74) is 1.71. The molecule has 1 atom stereocenters. The molecule has 0 unspecified atom stereocenters. The van der Waals surface area contributed by atoms with E-state index >= 15 is 0 Å². The first-order valence-corrected chi connectivity index (χ1v) is 10.1. The Bertz CT molecular complexity index is 857. The maximum atomic E-state index is 13.1. The third kappa shape index (κ3) is 3.70. The standard InChI is InChI=1S/C21H28N4O3/c1-15-10-18(16(2)28-15)20(27)25-8-3-6-21(13-25)7-4-19(26)24(12-21)9-5-17-11-22-14-23-17/h10-11,14H,3-9,12-13H2,1-2H3,(H,22,23)/t21-/m0/s1. The van der Waals surface area contributed by atoms with Gasteiger partial charge in [0.15, 0.2) is 0 Å². The monoisotopic (exact) mass is 384 g/mol. The summed E-state index contributed by atoms with van der Waals surface area (Å²) in [5.74, 6) is 1.71. The zero-order valence-corrected chi connectivity index (χ0v) is 16.7. The number of hydrogen-bond acceptors (Lipinski definition) is 4. The highest BCUT2D eigenvalue weighted by Gasteiger charge is 2.43. The van der Waals surface area contributed by atoms with Crippen molar-refractivity contribution in [1.82, 2.24) is 19.8 Å². The minimum absolute atomic E-state index is 0.00247. The molecular formula is C21H28N4O3. The van der Waals surface area contributed by atoms with E-state index in [4.69, 9.17) is 4.42 Å². The molecule has 0 bridgehead atoms. The molecule has 0 aliphatic carbocycles. The van der Waals surface area contributed by atoms with E-state index in [-0.39, 0.29) is 17.2 Å². The van der Waals surface area contributed by atoms with Gasteiger partial charge >= 0.3 is 0 Å². The van der Waals surface area contributed by atoms with Crippen molar-refractivity contribution >= 4 is 11.8 Å². The Morgan fingerprint density at radius 2 is 2.18 bits per heavy atom. The van der Waals surface area contributed by atoms with Gasteiger partial charge in [-0.25, -0.2) is 4.98 Å². The minimum atomic E-state index is 0.00247. The van der Waals surface area contributed by atoms with Gasteiger partial charge in [-0.1, -0.05) is 0 Å². The third-order valence-electron chi connectivity index (χ3n) is 6.17. The van der Waals surface area contributed by atoms with Crippen LogP contribution in [0.4, 0.5) is 0 Å². The van der Waals surface area contributed by atoms with Gasteiger partial charge in [0.25, 0.3) is 5.91 Å². The van der Waals surface area contributed by atoms with E-state index in [1.807, 2.05) is 29.7 Å². The maximum Gasteiger partial charge on any atom is 0.257 e. The van der Waals surface area contributed by atoms with Crippen LogP contribution in [0.15, 0.2) is 23.0 Å². The number of likely N-dealkylation sites (tertiary alicyclic amines) is 2. The molecule has 4 heterocycles. The molecule has 2 aromatic heterocycles. The first-order chi connectivity index (χ1) is 13.5. The normalized spacial score (nSPS) is 22.9. The lowest BCUT2D eigenvalue weighted by Gasteiger charge is -2.48. The van der Waals surface area contributed by atoms with Crippen LogP contribution >= 0.6 is 0 Å². The molecule has 1 spiro atoms. The molecule has 4 rings (SSSR count). The van der Waals surface area contributed by atoms with Gasteiger partial charge in [-0.2, -0.15) is 0 Å². The molecule has 7 nitrogen and oxygen atoms in total. The number of nitrogens with one attached hydrogen (secondary N) is 1. The molecule has 2 amide bonds. The fourth-order valence-electron chi connectivity index (χ4n) is 4.71. The highest BCUT2D eigenvalue weighted by molar-refractivity contribution is 5.95. The Morgan fingerprint density at radius 3 is 2.89 bits per heavy atom. The SMILES string of the molecule is Cc1cc(C(=O)N2CCC[C@@]3(CCC(=O)N(CCc4cnc[nH]4)C3)C2)c(C)o1. The van der Waals surface area contributed by atoms with Crippen molar-refractivity contribution in [2.24, 2.45) is 5.41 Å². The van der Waals surface area contributed by atoms with Gasteiger partial charge in [-0.05, 0) is 39.2 Å². The number of carbonyl (C=O) groups is 2. The molecule has 150 valence electrons. The fourth-order valence-corrected chi connectivity index (χ4v) is 4.71. The number of aromatic nitrogens is 2. The summed E-state index contributed by atoms with van der Waals surface area (Å²) in [7, 11) is 0. The van der Waals surface area contributed by atoms with Crippen LogP contribution < -0.4 is 0 Å². The van der Waals surface area contributed by atoms with Crippen LogP contribution in [0.3, 0.4) is 0 Å². The molecule has 2 aliphatic heterocycles. The van der Waals surface area contributed by atoms with E-state index in [0.29, 0.717) is 30.8 Å². The van der Waals surface area contributed by atoms with Crippen molar-refractivity contribution in [3.63, 3.8) is 0 Å². The minimum Gasteiger partial charge on any atom is -0.466 e. The van der Waals surface area contributed by atoms with E-state index in [1.54, 1.807) is 12.5 Å². The van der Waals surface area contributed by atoms with E-state index in [1.165, 1.54) is 0 Å². The van der Waals surface area contributed by atoms with Crippen molar-refractivity contribution < 1.29 is 14.0 Å². The van der Waals surface area contributed by atoms with Crippen molar-refractivity contribution in [3.05, 3.63) is 41.4 Å². The molecule has 28 heavy (non-hydrogen) atoms. The first-order valence-electron chi connectivity index (χ1n) is 10.1. The first kappa shape index (κ1) is 18.8. The van der Waals surface area contributed by atoms with Gasteiger partial charge < -0.3 is 19.2 Å². The number of hydrogen-bond donors (Lipinski definition) is 1. The second-order valence-corrected chi connectivity index (χ2v) is 8.30. The van der Waals surface area contributed by atoms with Crippen molar-refractivity contribution in [3.8, 4) is 0 Å². The summed E-state index contributed by atoms with van der Waals surface area (Å²) in [6.07, 6.45) is 7.71. The van der Waals surface area contributed by atoms with Gasteiger partial charge in [0.05, 0.1) is 11.9 Å². The number of aryl methyl sites for hydroxylation is 2. The Morgan fingerprint density at radius 1 is 1.32 bits per heavy atom. The largest absolute Gasteiger partial charge is 0.466 e. The number of carbonyl (C=O) groups excluding carboxylic acids is 2. The average Bonchev–Trinajstić information content (AvgIpc) is 3.31. The lowest BCUT2D eigenvalue weighted by Crippen LogP contribution is -2.55. The van der Waals surface area contributed by atoms with Crippen molar-refractivity contribution in [2.45, 2.75) is 46.0 Å². The van der Waals surface area contributed by atoms with Crippen LogP contribution in [-0.4, -0.2) is 57.8 Å². The summed E-state index contributed by atoms with van der Waals surface area (Å²) in [6, 6.07) is 1.83. The summed E-state index contributed by atoms with van der Waals surface area (Å²) in [4.78, 5) is 36.6. The molecule has 2 fully saturated rings. The highest BCUT2D eigenvalue weighted by Crippen LogP contribution is 2.39. The number of amides is 2. The topological polar surface area (TPSA) is 82.4 Å². The maximum absolute atomic E-state index is 13.1. The molecule has 2 saturated heterocycles.